The second kappa shape index (κ2) is 8.67. The molecule has 0 fully saturated rings. The summed E-state index contributed by atoms with van der Waals surface area (Å²) in [6.07, 6.45) is 3.84. The quantitative estimate of drug-likeness (QED) is 0.684. The second-order valence-corrected chi connectivity index (χ2v) is 6.24. The van der Waals surface area contributed by atoms with Crippen LogP contribution in [0.2, 0.25) is 0 Å². The molecule has 21 heavy (non-hydrogen) atoms. The molecule has 1 atom stereocenters. The minimum atomic E-state index is -0.501. The van der Waals surface area contributed by atoms with Gasteiger partial charge in [0.2, 0.25) is 0 Å². The maximum absolute atomic E-state index is 11.7. The van der Waals surface area contributed by atoms with Crippen LogP contribution in [-0.4, -0.2) is 33.3 Å². The summed E-state index contributed by atoms with van der Waals surface area (Å²) in [4.78, 5) is 15.9. The highest BCUT2D eigenvalue weighted by atomic mass is 16.3. The Balaban J connectivity index is 2.31. The van der Waals surface area contributed by atoms with Crippen LogP contribution in [0.25, 0.3) is 0 Å². The molecule has 2 amide bonds. The summed E-state index contributed by atoms with van der Waals surface area (Å²) in [5.74, 6) is 1.77. The Hall–Kier alpha value is -1.56. The number of amides is 2. The first-order chi connectivity index (χ1) is 9.88. The number of rotatable bonds is 8. The molecule has 120 valence electrons. The zero-order valence-electron chi connectivity index (χ0n) is 13.5. The van der Waals surface area contributed by atoms with Crippen molar-refractivity contribution in [2.45, 2.75) is 53.3 Å². The van der Waals surface area contributed by atoms with Crippen molar-refractivity contribution in [3.63, 3.8) is 0 Å². The number of hydrogen-bond donors (Lipinski definition) is 3. The summed E-state index contributed by atoms with van der Waals surface area (Å²) in [5, 5.41) is 15.1. The van der Waals surface area contributed by atoms with Gasteiger partial charge in [-0.3, -0.25) is 0 Å². The molecule has 6 heteroatoms. The van der Waals surface area contributed by atoms with Gasteiger partial charge in [-0.15, -0.1) is 0 Å². The van der Waals surface area contributed by atoms with Gasteiger partial charge in [-0.05, 0) is 18.3 Å². The van der Waals surface area contributed by atoms with Crippen LogP contribution in [0.4, 0.5) is 4.79 Å². The number of aliphatic hydroxyl groups excluding tert-OH is 1. The molecule has 0 spiro atoms. The molecule has 0 aromatic carbocycles. The number of imidazole rings is 1. The largest absolute Gasteiger partial charge is 0.391 e. The summed E-state index contributed by atoms with van der Waals surface area (Å²) < 4.78 is 2.04. The third kappa shape index (κ3) is 7.13. The van der Waals surface area contributed by atoms with Gasteiger partial charge < -0.3 is 20.3 Å². The lowest BCUT2D eigenvalue weighted by atomic mass is 10.1. The number of aliphatic hydroxyl groups is 1. The van der Waals surface area contributed by atoms with Gasteiger partial charge in [0.1, 0.15) is 5.82 Å². The lowest BCUT2D eigenvalue weighted by Gasteiger charge is -2.15. The van der Waals surface area contributed by atoms with E-state index in [-0.39, 0.29) is 12.6 Å². The van der Waals surface area contributed by atoms with Gasteiger partial charge in [-0.1, -0.05) is 27.7 Å². The van der Waals surface area contributed by atoms with Gasteiger partial charge in [0, 0.05) is 25.5 Å². The van der Waals surface area contributed by atoms with E-state index in [4.69, 9.17) is 0 Å². The molecule has 1 unspecified atom stereocenters. The second-order valence-electron chi connectivity index (χ2n) is 6.24. The van der Waals surface area contributed by atoms with Crippen molar-refractivity contribution in [3.05, 3.63) is 18.2 Å². The standard InChI is InChI=1S/C15H28N4O2/c1-11(2)7-13(20)8-17-15(21)18-9-14-16-5-6-19(14)10-12(3)4/h5-6,11-13,20H,7-10H2,1-4H3,(H2,17,18,21). The Kier molecular flexibility index (Phi) is 7.22. The van der Waals surface area contributed by atoms with Gasteiger partial charge in [-0.25, -0.2) is 9.78 Å². The molecule has 0 aliphatic rings. The van der Waals surface area contributed by atoms with Crippen LogP contribution in [0, 0.1) is 11.8 Å². The van der Waals surface area contributed by atoms with Crippen LogP contribution in [-0.2, 0) is 13.1 Å². The normalized spacial score (nSPS) is 12.7. The van der Waals surface area contributed by atoms with Crippen molar-refractivity contribution < 1.29 is 9.90 Å². The zero-order valence-corrected chi connectivity index (χ0v) is 13.5. The highest BCUT2D eigenvalue weighted by Gasteiger charge is 2.10. The maximum atomic E-state index is 11.7. The van der Waals surface area contributed by atoms with E-state index in [2.05, 4.69) is 29.5 Å². The molecule has 0 radical (unpaired) electrons. The summed E-state index contributed by atoms with van der Waals surface area (Å²) in [7, 11) is 0. The first-order valence-corrected chi connectivity index (χ1v) is 7.58. The fourth-order valence-corrected chi connectivity index (χ4v) is 2.13. The molecule has 0 aliphatic heterocycles. The van der Waals surface area contributed by atoms with Crippen molar-refractivity contribution in [1.29, 1.82) is 0 Å². The molecule has 0 saturated heterocycles. The Morgan fingerprint density at radius 1 is 1.29 bits per heavy atom. The number of nitrogens with zero attached hydrogens (tertiary/aromatic N) is 2. The highest BCUT2D eigenvalue weighted by molar-refractivity contribution is 5.73. The smallest absolute Gasteiger partial charge is 0.315 e. The Morgan fingerprint density at radius 3 is 2.62 bits per heavy atom. The number of nitrogens with one attached hydrogen (secondary N) is 2. The van der Waals surface area contributed by atoms with Gasteiger partial charge >= 0.3 is 6.03 Å². The Bertz CT molecular complexity index is 429. The summed E-state index contributed by atoms with van der Waals surface area (Å²) in [6, 6.07) is -0.281. The predicted molar refractivity (Wildman–Crippen MR) is 82.8 cm³/mol. The summed E-state index contributed by atoms with van der Waals surface area (Å²) in [5.41, 5.74) is 0. The van der Waals surface area contributed by atoms with Crippen LogP contribution >= 0.6 is 0 Å². The lowest BCUT2D eigenvalue weighted by molar-refractivity contribution is 0.146. The van der Waals surface area contributed by atoms with Gasteiger partial charge in [0.25, 0.3) is 0 Å². The van der Waals surface area contributed by atoms with E-state index in [1.807, 2.05) is 24.6 Å². The molecule has 0 saturated carbocycles. The number of aromatic nitrogens is 2. The number of carbonyl (C=O) groups excluding carboxylic acids is 1. The zero-order chi connectivity index (χ0) is 15.8. The van der Waals surface area contributed by atoms with E-state index >= 15 is 0 Å². The van der Waals surface area contributed by atoms with Crippen molar-refractivity contribution in [1.82, 2.24) is 20.2 Å². The van der Waals surface area contributed by atoms with Gasteiger partial charge in [-0.2, -0.15) is 0 Å². The van der Waals surface area contributed by atoms with Gasteiger partial charge in [0.15, 0.2) is 0 Å². The molecule has 1 aromatic heterocycles. The van der Waals surface area contributed by atoms with Crippen molar-refractivity contribution in [2.24, 2.45) is 11.8 Å². The highest BCUT2D eigenvalue weighted by Crippen LogP contribution is 2.04. The van der Waals surface area contributed by atoms with Crippen molar-refractivity contribution in [2.75, 3.05) is 6.54 Å². The third-order valence-electron chi connectivity index (χ3n) is 3.01. The molecule has 1 heterocycles. The van der Waals surface area contributed by atoms with E-state index in [9.17, 15) is 9.90 Å². The summed E-state index contributed by atoms with van der Waals surface area (Å²) in [6.45, 7) is 9.89. The average Bonchev–Trinajstić information content (AvgIpc) is 2.79. The Labute approximate surface area is 127 Å². The molecule has 6 nitrogen and oxygen atoms in total. The van der Waals surface area contributed by atoms with E-state index in [0.29, 0.717) is 24.8 Å². The molecular formula is C15H28N4O2. The minimum Gasteiger partial charge on any atom is -0.391 e. The molecule has 1 rings (SSSR count). The van der Waals surface area contributed by atoms with E-state index < -0.39 is 6.10 Å². The fraction of sp³-hybridized carbons (Fsp3) is 0.733. The van der Waals surface area contributed by atoms with E-state index in [1.54, 1.807) is 6.20 Å². The third-order valence-corrected chi connectivity index (χ3v) is 3.01. The number of hydrogen-bond acceptors (Lipinski definition) is 3. The predicted octanol–water partition coefficient (Wildman–Crippen LogP) is 1.75. The SMILES string of the molecule is CC(C)CC(O)CNC(=O)NCc1nccn1CC(C)C. The average molecular weight is 296 g/mol. The van der Waals surface area contributed by atoms with Crippen LogP contribution in [0.1, 0.15) is 39.9 Å². The van der Waals surface area contributed by atoms with Crippen LogP contribution in [0.5, 0.6) is 0 Å². The van der Waals surface area contributed by atoms with Crippen LogP contribution in [0.3, 0.4) is 0 Å². The number of carbonyl (C=O) groups is 1. The fourth-order valence-electron chi connectivity index (χ4n) is 2.13. The molecule has 0 bridgehead atoms. The minimum absolute atomic E-state index is 0.268. The molecule has 3 N–H and O–H groups in total. The first-order valence-electron chi connectivity index (χ1n) is 7.58. The molecular weight excluding hydrogens is 268 g/mol. The van der Waals surface area contributed by atoms with Crippen LogP contribution < -0.4 is 10.6 Å². The Morgan fingerprint density at radius 2 is 2.00 bits per heavy atom. The van der Waals surface area contributed by atoms with Gasteiger partial charge in [0.05, 0.1) is 12.6 Å². The first kappa shape index (κ1) is 17.5. The molecule has 1 aromatic rings. The lowest BCUT2D eigenvalue weighted by Crippen LogP contribution is -2.40. The van der Waals surface area contributed by atoms with Crippen LogP contribution in [0.15, 0.2) is 12.4 Å². The maximum Gasteiger partial charge on any atom is 0.315 e. The van der Waals surface area contributed by atoms with E-state index in [0.717, 1.165) is 12.4 Å². The van der Waals surface area contributed by atoms with Crippen molar-refractivity contribution in [3.8, 4) is 0 Å². The number of urea groups is 1. The monoisotopic (exact) mass is 296 g/mol. The summed E-state index contributed by atoms with van der Waals surface area (Å²) >= 11 is 0. The molecule has 0 aliphatic carbocycles. The topological polar surface area (TPSA) is 79.2 Å². The van der Waals surface area contributed by atoms with Crippen molar-refractivity contribution >= 4 is 6.03 Å². The van der Waals surface area contributed by atoms with E-state index in [1.165, 1.54) is 0 Å².